The average molecular weight is 554 g/mol. The topological polar surface area (TPSA) is 116 Å². The molecule has 212 valence electrons. The van der Waals surface area contributed by atoms with Crippen molar-refractivity contribution in [1.29, 1.82) is 0 Å². The van der Waals surface area contributed by atoms with Crippen molar-refractivity contribution in [1.82, 2.24) is 9.88 Å². The number of Topliss-reactive ketones (excluding diaryl/α,β-unsaturated/α-hetero) is 1. The highest BCUT2D eigenvalue weighted by Crippen LogP contribution is 2.28. The van der Waals surface area contributed by atoms with Gasteiger partial charge in [0.1, 0.15) is 19.0 Å². The molecule has 0 spiro atoms. The molecule has 1 aromatic heterocycles. The Morgan fingerprint density at radius 3 is 2.26 bits per heavy atom. The summed E-state index contributed by atoms with van der Waals surface area (Å²) in [5, 5.41) is 2.12. The highest BCUT2D eigenvalue weighted by Gasteiger charge is 2.45. The molecule has 1 fully saturated rings. The molecule has 0 aliphatic carbocycles. The number of ketones is 1. The standard InChI is InChI=1S/C26H30F3N3O7/c1-16(2)21(22(34)26(27,28)29)30-20(33)12-31-18(17-8-6-5-7-9-17)10-11-19(23(31)35)32(24(36)37-4)25(3)13-38-15-39-14-25/h5-11,16,21H,12-15H2,1-4H3,(H,30,33). The van der Waals surface area contributed by atoms with Crippen molar-refractivity contribution in [3.8, 4) is 11.3 Å². The third kappa shape index (κ3) is 6.66. The molecule has 39 heavy (non-hydrogen) atoms. The van der Waals surface area contributed by atoms with Gasteiger partial charge in [0.15, 0.2) is 0 Å². The number of carbonyl (C=O) groups is 3. The number of nitrogens with one attached hydrogen (secondary N) is 1. The molecular formula is C26H30F3N3O7. The van der Waals surface area contributed by atoms with Crippen LogP contribution in [0, 0.1) is 5.92 Å². The third-order valence-electron chi connectivity index (χ3n) is 6.20. The molecule has 0 bridgehead atoms. The number of hydrogen-bond donors (Lipinski definition) is 1. The Balaban J connectivity index is 2.10. The van der Waals surface area contributed by atoms with Crippen molar-refractivity contribution in [2.45, 2.75) is 45.1 Å². The first kappa shape index (κ1) is 29.8. The second kappa shape index (κ2) is 12.0. The molecule has 10 nitrogen and oxygen atoms in total. The maximum absolute atomic E-state index is 13.9. The number of amides is 2. The van der Waals surface area contributed by atoms with Crippen molar-refractivity contribution >= 4 is 23.5 Å². The van der Waals surface area contributed by atoms with E-state index in [1.807, 2.05) is 0 Å². The van der Waals surface area contributed by atoms with E-state index in [4.69, 9.17) is 14.2 Å². The fourth-order valence-electron chi connectivity index (χ4n) is 4.28. The Labute approximate surface area is 222 Å². The van der Waals surface area contributed by atoms with Crippen LogP contribution < -0.4 is 15.8 Å². The molecule has 1 aliphatic rings. The largest absolute Gasteiger partial charge is 0.452 e. The van der Waals surface area contributed by atoms with Crippen molar-refractivity contribution in [3.63, 3.8) is 0 Å². The monoisotopic (exact) mass is 553 g/mol. The van der Waals surface area contributed by atoms with Crippen LogP contribution in [0.25, 0.3) is 11.3 Å². The predicted octanol–water partition coefficient (Wildman–Crippen LogP) is 3.12. The minimum atomic E-state index is -5.16. The Bertz CT molecular complexity index is 1260. The van der Waals surface area contributed by atoms with Crippen LogP contribution in [-0.2, 0) is 30.3 Å². The molecule has 0 saturated carbocycles. The van der Waals surface area contributed by atoms with E-state index in [9.17, 15) is 32.3 Å². The second-order valence-electron chi connectivity index (χ2n) is 9.63. The Morgan fingerprint density at radius 2 is 1.72 bits per heavy atom. The van der Waals surface area contributed by atoms with Gasteiger partial charge in [-0.2, -0.15) is 13.2 Å². The lowest BCUT2D eigenvalue weighted by atomic mass is 9.99. The Hall–Kier alpha value is -3.71. The zero-order valence-electron chi connectivity index (χ0n) is 21.9. The van der Waals surface area contributed by atoms with Gasteiger partial charge >= 0.3 is 12.3 Å². The van der Waals surface area contributed by atoms with Crippen LogP contribution >= 0.6 is 0 Å². The molecule has 0 radical (unpaired) electrons. The number of alkyl halides is 3. The molecular weight excluding hydrogens is 523 g/mol. The molecule has 2 heterocycles. The Kier molecular flexibility index (Phi) is 9.18. The van der Waals surface area contributed by atoms with Gasteiger partial charge < -0.3 is 19.5 Å². The number of rotatable bonds is 8. The van der Waals surface area contributed by atoms with E-state index >= 15 is 0 Å². The van der Waals surface area contributed by atoms with Crippen LogP contribution in [0.2, 0.25) is 0 Å². The number of pyridine rings is 1. The number of aromatic nitrogens is 1. The van der Waals surface area contributed by atoms with Crippen molar-refractivity contribution < 1.29 is 41.8 Å². The number of halogens is 3. The van der Waals surface area contributed by atoms with E-state index in [1.165, 1.54) is 26.0 Å². The summed E-state index contributed by atoms with van der Waals surface area (Å²) >= 11 is 0. The van der Waals surface area contributed by atoms with Crippen LogP contribution in [0.5, 0.6) is 0 Å². The molecule has 2 amide bonds. The van der Waals surface area contributed by atoms with Crippen LogP contribution in [0.3, 0.4) is 0 Å². The summed E-state index contributed by atoms with van der Waals surface area (Å²) in [6.45, 7) is 3.64. The molecule has 13 heteroatoms. The molecule has 1 saturated heterocycles. The molecule has 1 aliphatic heterocycles. The first-order valence-corrected chi connectivity index (χ1v) is 12.0. The molecule has 1 unspecified atom stereocenters. The maximum atomic E-state index is 13.9. The van der Waals surface area contributed by atoms with Crippen molar-refractivity contribution in [3.05, 3.63) is 52.8 Å². The van der Waals surface area contributed by atoms with Gasteiger partial charge in [0.25, 0.3) is 11.3 Å². The summed E-state index contributed by atoms with van der Waals surface area (Å²) in [5.41, 5.74) is -1.33. The molecule has 3 rings (SSSR count). The van der Waals surface area contributed by atoms with E-state index < -0.39 is 53.6 Å². The smallest absolute Gasteiger partial charge is 0.452 e. The van der Waals surface area contributed by atoms with E-state index in [-0.39, 0.29) is 31.4 Å². The summed E-state index contributed by atoms with van der Waals surface area (Å²) in [7, 11) is 1.14. The first-order valence-electron chi connectivity index (χ1n) is 12.0. The molecule has 1 aromatic carbocycles. The molecule has 2 aromatic rings. The quantitative estimate of drug-likeness (QED) is 0.534. The summed E-state index contributed by atoms with van der Waals surface area (Å²) < 4.78 is 56.0. The normalized spacial score (nSPS) is 15.9. The lowest BCUT2D eigenvalue weighted by Crippen LogP contribution is -2.59. The summed E-state index contributed by atoms with van der Waals surface area (Å²) in [6.07, 6.45) is -6.04. The van der Waals surface area contributed by atoms with Gasteiger partial charge in [0, 0.05) is 0 Å². The number of hydrogen-bond acceptors (Lipinski definition) is 7. The number of ether oxygens (including phenoxy) is 3. The van der Waals surface area contributed by atoms with E-state index in [0.29, 0.717) is 5.56 Å². The molecule has 1 N–H and O–H groups in total. The summed E-state index contributed by atoms with van der Waals surface area (Å²) in [5.74, 6) is -3.97. The van der Waals surface area contributed by atoms with E-state index in [2.05, 4.69) is 5.32 Å². The van der Waals surface area contributed by atoms with Gasteiger partial charge in [-0.25, -0.2) is 4.79 Å². The minimum Gasteiger partial charge on any atom is -0.452 e. The number of anilines is 1. The zero-order chi connectivity index (χ0) is 29.0. The SMILES string of the molecule is COC(=O)N(c1ccc(-c2ccccc2)n(CC(=O)NC(C(=O)C(F)(F)F)C(C)C)c1=O)C1(C)COCOC1. The maximum Gasteiger partial charge on any atom is 0.452 e. The van der Waals surface area contributed by atoms with Crippen LogP contribution in [0.1, 0.15) is 20.8 Å². The first-order chi connectivity index (χ1) is 18.3. The lowest BCUT2D eigenvalue weighted by molar-refractivity contribution is -0.174. The van der Waals surface area contributed by atoms with Crippen LogP contribution in [-0.4, -0.2) is 67.2 Å². The van der Waals surface area contributed by atoms with Gasteiger partial charge in [0.05, 0.1) is 37.6 Å². The van der Waals surface area contributed by atoms with E-state index in [1.54, 1.807) is 37.3 Å². The number of nitrogens with zero attached hydrogens (tertiary/aromatic N) is 2. The van der Waals surface area contributed by atoms with Crippen LogP contribution in [0.15, 0.2) is 47.3 Å². The number of benzene rings is 1. The number of carbonyl (C=O) groups excluding carboxylic acids is 3. The predicted molar refractivity (Wildman–Crippen MR) is 134 cm³/mol. The second-order valence-corrected chi connectivity index (χ2v) is 9.63. The fraction of sp³-hybridized carbons (Fsp3) is 0.462. The summed E-state index contributed by atoms with van der Waals surface area (Å²) in [6, 6.07) is 9.54. The van der Waals surface area contributed by atoms with Gasteiger partial charge in [-0.1, -0.05) is 44.2 Å². The minimum absolute atomic E-state index is 0.00435. The van der Waals surface area contributed by atoms with Crippen molar-refractivity contribution in [2.24, 2.45) is 5.92 Å². The van der Waals surface area contributed by atoms with Crippen LogP contribution in [0.4, 0.5) is 23.7 Å². The summed E-state index contributed by atoms with van der Waals surface area (Å²) in [4.78, 5) is 52.7. The van der Waals surface area contributed by atoms with Gasteiger partial charge in [-0.3, -0.25) is 23.9 Å². The van der Waals surface area contributed by atoms with Gasteiger partial charge in [-0.15, -0.1) is 0 Å². The zero-order valence-corrected chi connectivity index (χ0v) is 21.9. The fourth-order valence-corrected chi connectivity index (χ4v) is 4.28. The third-order valence-corrected chi connectivity index (χ3v) is 6.20. The number of methoxy groups -OCH3 is 1. The van der Waals surface area contributed by atoms with Crippen molar-refractivity contribution in [2.75, 3.05) is 32.0 Å². The molecule has 1 atom stereocenters. The lowest BCUT2D eigenvalue weighted by Gasteiger charge is -2.41. The Morgan fingerprint density at radius 1 is 1.10 bits per heavy atom. The average Bonchev–Trinajstić information content (AvgIpc) is 2.89. The van der Waals surface area contributed by atoms with E-state index in [0.717, 1.165) is 16.6 Å². The van der Waals surface area contributed by atoms with Gasteiger partial charge in [0.2, 0.25) is 5.91 Å². The van der Waals surface area contributed by atoms with Gasteiger partial charge in [-0.05, 0) is 30.5 Å². The highest BCUT2D eigenvalue weighted by molar-refractivity contribution is 5.93. The highest BCUT2D eigenvalue weighted by atomic mass is 19.4.